The standard InChI is InChI=1S/C20H20ClFN2O4S2/c1-28-10-9-24-19(25)17-8-3-14(21)13-18(17)23-20(24)29-11-2-12-30(26,27)16-6-4-15(22)5-7-16/h3-8,13H,2,9-12H2,1H3. The second kappa shape index (κ2) is 9.91. The molecule has 0 N–H and O–H groups in total. The second-order valence-electron chi connectivity index (χ2n) is 6.48. The Morgan fingerprint density at radius 2 is 1.93 bits per heavy atom. The average Bonchev–Trinajstić information content (AvgIpc) is 2.71. The van der Waals surface area contributed by atoms with Gasteiger partial charge >= 0.3 is 0 Å². The van der Waals surface area contributed by atoms with Crippen molar-refractivity contribution in [1.29, 1.82) is 0 Å². The third-order valence-corrected chi connectivity index (χ3v) is 7.48. The molecule has 0 aliphatic rings. The van der Waals surface area contributed by atoms with Crippen molar-refractivity contribution in [3.8, 4) is 0 Å². The summed E-state index contributed by atoms with van der Waals surface area (Å²) in [6.45, 7) is 0.671. The Hall–Kier alpha value is -1.94. The molecule has 3 rings (SSSR count). The van der Waals surface area contributed by atoms with E-state index in [0.717, 1.165) is 12.1 Å². The molecule has 1 heterocycles. The molecule has 2 aromatic carbocycles. The lowest BCUT2D eigenvalue weighted by atomic mass is 10.2. The summed E-state index contributed by atoms with van der Waals surface area (Å²) in [5, 5.41) is 1.41. The van der Waals surface area contributed by atoms with Crippen LogP contribution in [0.4, 0.5) is 4.39 Å². The average molecular weight is 471 g/mol. The minimum Gasteiger partial charge on any atom is -0.383 e. The molecule has 0 aliphatic heterocycles. The van der Waals surface area contributed by atoms with Crippen LogP contribution in [0.3, 0.4) is 0 Å². The van der Waals surface area contributed by atoms with Crippen LogP contribution in [-0.4, -0.2) is 43.2 Å². The number of hydrogen-bond donors (Lipinski definition) is 0. The maximum Gasteiger partial charge on any atom is 0.262 e. The predicted octanol–water partition coefficient (Wildman–Crippen LogP) is 3.79. The molecule has 0 saturated heterocycles. The monoisotopic (exact) mass is 470 g/mol. The number of aromatic nitrogens is 2. The third-order valence-electron chi connectivity index (χ3n) is 4.36. The number of hydrogen-bond acceptors (Lipinski definition) is 6. The molecule has 0 atom stereocenters. The van der Waals surface area contributed by atoms with Gasteiger partial charge in [-0.25, -0.2) is 17.8 Å². The number of thioether (sulfide) groups is 1. The number of rotatable bonds is 9. The van der Waals surface area contributed by atoms with Gasteiger partial charge in [0, 0.05) is 17.9 Å². The van der Waals surface area contributed by atoms with E-state index < -0.39 is 15.7 Å². The minimum absolute atomic E-state index is 0.0874. The first-order chi connectivity index (χ1) is 14.3. The highest BCUT2D eigenvalue weighted by Crippen LogP contribution is 2.22. The van der Waals surface area contributed by atoms with Gasteiger partial charge in [-0.1, -0.05) is 23.4 Å². The Labute approximate surface area is 183 Å². The lowest BCUT2D eigenvalue weighted by molar-refractivity contribution is 0.183. The lowest BCUT2D eigenvalue weighted by Crippen LogP contribution is -2.25. The summed E-state index contributed by atoms with van der Waals surface area (Å²) in [4.78, 5) is 17.5. The van der Waals surface area contributed by atoms with Crippen molar-refractivity contribution in [2.75, 3.05) is 25.2 Å². The first-order valence-electron chi connectivity index (χ1n) is 9.12. The summed E-state index contributed by atoms with van der Waals surface area (Å²) >= 11 is 7.33. The third kappa shape index (κ3) is 5.40. The van der Waals surface area contributed by atoms with Crippen molar-refractivity contribution in [3.05, 3.63) is 63.7 Å². The summed E-state index contributed by atoms with van der Waals surface area (Å²) < 4.78 is 44.4. The van der Waals surface area contributed by atoms with Crippen molar-refractivity contribution in [1.82, 2.24) is 9.55 Å². The van der Waals surface area contributed by atoms with Crippen LogP contribution < -0.4 is 5.56 Å². The van der Waals surface area contributed by atoms with E-state index in [1.54, 1.807) is 25.3 Å². The highest BCUT2D eigenvalue weighted by Gasteiger charge is 2.16. The molecule has 0 amide bonds. The molecular formula is C20H20ClFN2O4S2. The van der Waals surface area contributed by atoms with Crippen LogP contribution in [0.5, 0.6) is 0 Å². The molecular weight excluding hydrogens is 451 g/mol. The summed E-state index contributed by atoms with van der Waals surface area (Å²) in [7, 11) is -1.96. The van der Waals surface area contributed by atoms with Crippen LogP contribution in [0.2, 0.25) is 5.02 Å². The highest BCUT2D eigenvalue weighted by atomic mass is 35.5. The maximum atomic E-state index is 13.0. The molecule has 0 aliphatic carbocycles. The molecule has 0 radical (unpaired) electrons. The van der Waals surface area contributed by atoms with Crippen LogP contribution in [-0.2, 0) is 21.1 Å². The molecule has 0 fully saturated rings. The first-order valence-corrected chi connectivity index (χ1v) is 12.1. The normalized spacial score (nSPS) is 11.8. The molecule has 160 valence electrons. The molecule has 3 aromatic rings. The van der Waals surface area contributed by atoms with Crippen molar-refractivity contribution in [2.24, 2.45) is 0 Å². The molecule has 1 aromatic heterocycles. The molecule has 0 unspecified atom stereocenters. The van der Waals surface area contributed by atoms with E-state index in [-0.39, 0.29) is 16.2 Å². The summed E-state index contributed by atoms with van der Waals surface area (Å²) in [5.41, 5.74) is 0.290. The Kier molecular flexibility index (Phi) is 7.51. The van der Waals surface area contributed by atoms with Gasteiger partial charge in [0.1, 0.15) is 5.82 Å². The van der Waals surface area contributed by atoms with E-state index in [1.807, 2.05) is 0 Å². The van der Waals surface area contributed by atoms with Crippen molar-refractivity contribution < 1.29 is 17.5 Å². The fraction of sp³-hybridized carbons (Fsp3) is 0.300. The zero-order chi connectivity index (χ0) is 21.7. The Balaban J connectivity index is 1.76. The quantitative estimate of drug-likeness (QED) is 0.205. The first kappa shape index (κ1) is 22.7. The lowest BCUT2D eigenvalue weighted by Gasteiger charge is -2.13. The topological polar surface area (TPSA) is 78.3 Å². The molecule has 0 saturated carbocycles. The van der Waals surface area contributed by atoms with Crippen LogP contribution in [0.15, 0.2) is 57.3 Å². The zero-order valence-corrected chi connectivity index (χ0v) is 18.6. The van der Waals surface area contributed by atoms with Crippen LogP contribution in [0.25, 0.3) is 10.9 Å². The van der Waals surface area contributed by atoms with E-state index in [4.69, 9.17) is 16.3 Å². The smallest absolute Gasteiger partial charge is 0.262 e. The Morgan fingerprint density at radius 3 is 2.63 bits per heavy atom. The minimum atomic E-state index is -3.51. The number of sulfone groups is 1. The van der Waals surface area contributed by atoms with E-state index in [2.05, 4.69) is 4.98 Å². The number of halogens is 2. The van der Waals surface area contributed by atoms with Crippen LogP contribution >= 0.6 is 23.4 Å². The predicted molar refractivity (Wildman–Crippen MR) is 117 cm³/mol. The number of methoxy groups -OCH3 is 1. The number of fused-ring (bicyclic) bond motifs is 1. The fourth-order valence-electron chi connectivity index (χ4n) is 2.84. The van der Waals surface area contributed by atoms with Gasteiger partial charge in [-0.2, -0.15) is 0 Å². The van der Waals surface area contributed by atoms with E-state index in [1.165, 1.54) is 28.5 Å². The SMILES string of the molecule is COCCn1c(SCCCS(=O)(=O)c2ccc(F)cc2)nc2cc(Cl)ccc2c1=O. The molecule has 30 heavy (non-hydrogen) atoms. The summed E-state index contributed by atoms with van der Waals surface area (Å²) in [5.74, 6) is -0.139. The van der Waals surface area contributed by atoms with Gasteiger partial charge in [0.15, 0.2) is 15.0 Å². The van der Waals surface area contributed by atoms with Gasteiger partial charge in [-0.15, -0.1) is 0 Å². The zero-order valence-electron chi connectivity index (χ0n) is 16.2. The van der Waals surface area contributed by atoms with Gasteiger partial charge in [0.2, 0.25) is 0 Å². The van der Waals surface area contributed by atoms with Gasteiger partial charge < -0.3 is 4.74 Å². The van der Waals surface area contributed by atoms with Gasteiger partial charge in [-0.3, -0.25) is 9.36 Å². The van der Waals surface area contributed by atoms with Gasteiger partial charge in [-0.05, 0) is 48.9 Å². The molecule has 6 nitrogen and oxygen atoms in total. The number of benzene rings is 2. The molecule has 10 heteroatoms. The maximum absolute atomic E-state index is 13.0. The fourth-order valence-corrected chi connectivity index (χ4v) is 5.46. The summed E-state index contributed by atoms with van der Waals surface area (Å²) in [6, 6.07) is 9.67. The van der Waals surface area contributed by atoms with Gasteiger partial charge in [0.25, 0.3) is 5.56 Å². The number of nitrogens with zero attached hydrogens (tertiary/aromatic N) is 2. The van der Waals surface area contributed by atoms with Crippen molar-refractivity contribution in [3.63, 3.8) is 0 Å². The van der Waals surface area contributed by atoms with Crippen LogP contribution in [0, 0.1) is 5.82 Å². The van der Waals surface area contributed by atoms with Crippen molar-refractivity contribution in [2.45, 2.75) is 23.0 Å². The largest absolute Gasteiger partial charge is 0.383 e. The molecule has 0 bridgehead atoms. The number of ether oxygens (including phenoxy) is 1. The Morgan fingerprint density at radius 1 is 1.20 bits per heavy atom. The van der Waals surface area contributed by atoms with E-state index in [9.17, 15) is 17.6 Å². The molecule has 0 spiro atoms. The summed E-state index contributed by atoms with van der Waals surface area (Å²) in [6.07, 6.45) is 0.345. The Bertz CT molecular complexity index is 1200. The second-order valence-corrected chi connectivity index (χ2v) is 10.1. The van der Waals surface area contributed by atoms with Crippen LogP contribution in [0.1, 0.15) is 6.42 Å². The van der Waals surface area contributed by atoms with Crippen molar-refractivity contribution >= 4 is 44.1 Å². The highest BCUT2D eigenvalue weighted by molar-refractivity contribution is 7.99. The van der Waals surface area contributed by atoms with E-state index >= 15 is 0 Å². The van der Waals surface area contributed by atoms with E-state index in [0.29, 0.717) is 46.4 Å². The van der Waals surface area contributed by atoms with Gasteiger partial charge in [0.05, 0.1) is 34.7 Å².